The predicted octanol–water partition coefficient (Wildman–Crippen LogP) is 1.61. The van der Waals surface area contributed by atoms with Gasteiger partial charge in [0.15, 0.2) is 0 Å². The van der Waals surface area contributed by atoms with Crippen molar-refractivity contribution in [3.8, 4) is 17.2 Å². The molecule has 0 aliphatic heterocycles. The first-order valence-electron chi connectivity index (χ1n) is 6.36. The first kappa shape index (κ1) is 13.5. The van der Waals surface area contributed by atoms with Crippen molar-refractivity contribution in [2.45, 2.75) is 12.8 Å². The summed E-state index contributed by atoms with van der Waals surface area (Å²) >= 11 is 0. The predicted molar refractivity (Wildman–Crippen MR) is 70.8 cm³/mol. The minimum atomic E-state index is 0.131. The monoisotopic (exact) mass is 265 g/mol. The Morgan fingerprint density at radius 2 is 1.74 bits per heavy atom. The topological polar surface area (TPSA) is 56.8 Å². The number of carbonyl (C=O) groups is 1. The van der Waals surface area contributed by atoms with Crippen LogP contribution in [0.1, 0.15) is 12.8 Å². The molecule has 0 saturated heterocycles. The molecule has 0 heterocycles. The zero-order valence-corrected chi connectivity index (χ0v) is 11.3. The number of nitrogens with one attached hydrogen (secondary N) is 1. The van der Waals surface area contributed by atoms with Crippen LogP contribution in [-0.2, 0) is 4.79 Å². The molecule has 2 rings (SSSR count). The van der Waals surface area contributed by atoms with Crippen molar-refractivity contribution < 1.29 is 19.0 Å². The van der Waals surface area contributed by atoms with Crippen LogP contribution in [-0.4, -0.2) is 33.3 Å². The largest absolute Gasteiger partial charge is 0.496 e. The zero-order chi connectivity index (χ0) is 13.7. The number of hydrogen-bond acceptors (Lipinski definition) is 4. The molecule has 104 valence electrons. The number of benzene rings is 1. The quantitative estimate of drug-likeness (QED) is 0.761. The fourth-order valence-corrected chi connectivity index (χ4v) is 1.70. The Kier molecular flexibility index (Phi) is 4.49. The average molecular weight is 265 g/mol. The van der Waals surface area contributed by atoms with E-state index in [1.165, 1.54) is 0 Å². The van der Waals surface area contributed by atoms with Crippen LogP contribution in [0.2, 0.25) is 0 Å². The molecule has 0 bridgehead atoms. The minimum absolute atomic E-state index is 0.131. The van der Waals surface area contributed by atoms with Crippen LogP contribution in [0.15, 0.2) is 18.2 Å². The Morgan fingerprint density at radius 3 is 2.26 bits per heavy atom. The highest BCUT2D eigenvalue weighted by atomic mass is 16.5. The second-order valence-corrected chi connectivity index (χ2v) is 4.46. The van der Waals surface area contributed by atoms with Gasteiger partial charge < -0.3 is 19.5 Å². The lowest BCUT2D eigenvalue weighted by molar-refractivity contribution is -0.122. The Hall–Kier alpha value is -1.91. The molecule has 0 spiro atoms. The molecule has 1 aromatic carbocycles. The zero-order valence-electron chi connectivity index (χ0n) is 11.3. The highest BCUT2D eigenvalue weighted by Crippen LogP contribution is 2.29. The normalized spacial score (nSPS) is 13.8. The SMILES string of the molecule is COc1cc(OC)cc(OCCNC(=O)C2CC2)c1. The molecule has 0 radical (unpaired) electrons. The van der Waals surface area contributed by atoms with Gasteiger partial charge in [-0.3, -0.25) is 4.79 Å². The number of hydrogen-bond donors (Lipinski definition) is 1. The molecule has 1 fully saturated rings. The lowest BCUT2D eigenvalue weighted by atomic mass is 10.3. The van der Waals surface area contributed by atoms with Gasteiger partial charge in [-0.25, -0.2) is 0 Å². The molecule has 1 aliphatic carbocycles. The lowest BCUT2D eigenvalue weighted by Crippen LogP contribution is -2.29. The Morgan fingerprint density at radius 1 is 1.16 bits per heavy atom. The summed E-state index contributed by atoms with van der Waals surface area (Å²) < 4.78 is 15.9. The molecule has 5 heteroatoms. The molecule has 1 aromatic rings. The van der Waals surface area contributed by atoms with Crippen molar-refractivity contribution in [1.29, 1.82) is 0 Å². The lowest BCUT2D eigenvalue weighted by Gasteiger charge is -2.10. The summed E-state index contributed by atoms with van der Waals surface area (Å²) in [5.41, 5.74) is 0. The van der Waals surface area contributed by atoms with E-state index in [1.54, 1.807) is 32.4 Å². The van der Waals surface area contributed by atoms with Gasteiger partial charge >= 0.3 is 0 Å². The number of amides is 1. The van der Waals surface area contributed by atoms with Crippen molar-refractivity contribution in [1.82, 2.24) is 5.32 Å². The van der Waals surface area contributed by atoms with Crippen LogP contribution < -0.4 is 19.5 Å². The van der Waals surface area contributed by atoms with Gasteiger partial charge in [-0.05, 0) is 12.8 Å². The Bertz CT molecular complexity index is 421. The molecule has 1 saturated carbocycles. The molecule has 0 unspecified atom stereocenters. The highest BCUT2D eigenvalue weighted by Gasteiger charge is 2.28. The third kappa shape index (κ3) is 4.05. The molecule has 0 atom stereocenters. The molecule has 0 aromatic heterocycles. The summed E-state index contributed by atoms with van der Waals surface area (Å²) in [5.74, 6) is 2.38. The van der Waals surface area contributed by atoms with Crippen molar-refractivity contribution >= 4 is 5.91 Å². The summed E-state index contributed by atoms with van der Waals surface area (Å²) in [6, 6.07) is 5.35. The maximum Gasteiger partial charge on any atom is 0.223 e. The second kappa shape index (κ2) is 6.31. The van der Waals surface area contributed by atoms with E-state index in [0.717, 1.165) is 12.8 Å². The Labute approximate surface area is 112 Å². The van der Waals surface area contributed by atoms with E-state index in [-0.39, 0.29) is 11.8 Å². The van der Waals surface area contributed by atoms with Crippen molar-refractivity contribution in [2.24, 2.45) is 5.92 Å². The van der Waals surface area contributed by atoms with Gasteiger partial charge in [0.1, 0.15) is 23.9 Å². The number of methoxy groups -OCH3 is 2. The van der Waals surface area contributed by atoms with Gasteiger partial charge in [0.2, 0.25) is 5.91 Å². The highest BCUT2D eigenvalue weighted by molar-refractivity contribution is 5.80. The first-order chi connectivity index (χ1) is 9.22. The summed E-state index contributed by atoms with van der Waals surface area (Å²) in [6.07, 6.45) is 2.03. The standard InChI is InChI=1S/C14H19NO4/c1-17-11-7-12(18-2)9-13(8-11)19-6-5-15-14(16)10-3-4-10/h7-10H,3-6H2,1-2H3,(H,15,16). The van der Waals surface area contributed by atoms with Crippen LogP contribution in [0.5, 0.6) is 17.2 Å². The molecular formula is C14H19NO4. The van der Waals surface area contributed by atoms with E-state index in [2.05, 4.69) is 5.32 Å². The van der Waals surface area contributed by atoms with E-state index in [0.29, 0.717) is 30.4 Å². The summed E-state index contributed by atoms with van der Waals surface area (Å²) in [4.78, 5) is 11.4. The van der Waals surface area contributed by atoms with Gasteiger partial charge in [-0.1, -0.05) is 0 Å². The molecule has 19 heavy (non-hydrogen) atoms. The third-order valence-electron chi connectivity index (χ3n) is 2.94. The number of carbonyl (C=O) groups excluding carboxylic acids is 1. The van der Waals surface area contributed by atoms with Gasteiger partial charge in [0.05, 0.1) is 20.8 Å². The molecule has 1 amide bonds. The summed E-state index contributed by atoms with van der Waals surface area (Å²) in [6.45, 7) is 0.934. The van der Waals surface area contributed by atoms with Crippen LogP contribution in [0, 0.1) is 5.92 Å². The van der Waals surface area contributed by atoms with Gasteiger partial charge in [0, 0.05) is 24.1 Å². The van der Waals surface area contributed by atoms with Crippen LogP contribution >= 0.6 is 0 Å². The smallest absolute Gasteiger partial charge is 0.223 e. The van der Waals surface area contributed by atoms with E-state index < -0.39 is 0 Å². The second-order valence-electron chi connectivity index (χ2n) is 4.46. The van der Waals surface area contributed by atoms with E-state index in [4.69, 9.17) is 14.2 Å². The van der Waals surface area contributed by atoms with Crippen LogP contribution in [0.4, 0.5) is 0 Å². The van der Waals surface area contributed by atoms with Gasteiger partial charge in [-0.15, -0.1) is 0 Å². The minimum Gasteiger partial charge on any atom is -0.496 e. The van der Waals surface area contributed by atoms with Crippen molar-refractivity contribution in [3.63, 3.8) is 0 Å². The van der Waals surface area contributed by atoms with Crippen LogP contribution in [0.3, 0.4) is 0 Å². The van der Waals surface area contributed by atoms with E-state index in [1.807, 2.05) is 0 Å². The molecule has 1 aliphatic rings. The fraction of sp³-hybridized carbons (Fsp3) is 0.500. The van der Waals surface area contributed by atoms with E-state index >= 15 is 0 Å². The first-order valence-corrected chi connectivity index (χ1v) is 6.36. The molecule has 1 N–H and O–H groups in total. The number of rotatable bonds is 7. The summed E-state index contributed by atoms with van der Waals surface area (Å²) in [7, 11) is 3.18. The van der Waals surface area contributed by atoms with Crippen molar-refractivity contribution in [3.05, 3.63) is 18.2 Å². The number of ether oxygens (including phenoxy) is 3. The maximum atomic E-state index is 11.4. The maximum absolute atomic E-state index is 11.4. The van der Waals surface area contributed by atoms with Crippen molar-refractivity contribution in [2.75, 3.05) is 27.4 Å². The van der Waals surface area contributed by atoms with E-state index in [9.17, 15) is 4.79 Å². The summed E-state index contributed by atoms with van der Waals surface area (Å²) in [5, 5.41) is 2.85. The van der Waals surface area contributed by atoms with Crippen LogP contribution in [0.25, 0.3) is 0 Å². The Balaban J connectivity index is 1.79. The third-order valence-corrected chi connectivity index (χ3v) is 2.94. The van der Waals surface area contributed by atoms with Gasteiger partial charge in [-0.2, -0.15) is 0 Å². The molecule has 5 nitrogen and oxygen atoms in total. The fourth-order valence-electron chi connectivity index (χ4n) is 1.70. The van der Waals surface area contributed by atoms with Gasteiger partial charge in [0.25, 0.3) is 0 Å². The molecular weight excluding hydrogens is 246 g/mol. The average Bonchev–Trinajstić information content (AvgIpc) is 3.27.